The maximum Gasteiger partial charge on any atom is 0.220 e. The molecule has 4 unspecified atom stereocenters. The van der Waals surface area contributed by atoms with Crippen LogP contribution < -0.4 is 10.6 Å². The largest absolute Gasteiger partial charge is 0.396 e. The molecule has 1 heterocycles. The van der Waals surface area contributed by atoms with Crippen molar-refractivity contribution in [3.8, 4) is 0 Å². The zero-order chi connectivity index (χ0) is 88.5. The first kappa shape index (κ1) is 117. The third kappa shape index (κ3) is 66.4. The third-order valence-corrected chi connectivity index (χ3v) is 26.3. The predicted molar refractivity (Wildman–Crippen MR) is 500 cm³/mol. The highest BCUT2D eigenvalue weighted by atomic mass is 16.7. The minimum atomic E-state index is -1.54. The van der Waals surface area contributed by atoms with E-state index >= 15 is 0 Å². The molecular formula is C102H202N2O17. The van der Waals surface area contributed by atoms with Crippen LogP contribution in [0.2, 0.25) is 0 Å². The van der Waals surface area contributed by atoms with Crippen molar-refractivity contribution in [3.05, 3.63) is 0 Å². The molecule has 1 aliphatic carbocycles. The summed E-state index contributed by atoms with van der Waals surface area (Å²) in [5, 5.41) is 122. The first-order valence-electron chi connectivity index (χ1n) is 52.4. The third-order valence-electron chi connectivity index (χ3n) is 26.3. The van der Waals surface area contributed by atoms with Gasteiger partial charge in [0.25, 0.3) is 0 Å². The Bertz CT molecular complexity index is 2160. The van der Waals surface area contributed by atoms with Crippen molar-refractivity contribution in [1.29, 1.82) is 0 Å². The van der Waals surface area contributed by atoms with E-state index in [4.69, 9.17) is 18.9 Å². The van der Waals surface area contributed by atoms with E-state index < -0.39 is 97.5 Å². The highest BCUT2D eigenvalue weighted by molar-refractivity contribution is 5.76. The van der Waals surface area contributed by atoms with Gasteiger partial charge in [0.1, 0.15) is 48.8 Å². The van der Waals surface area contributed by atoms with Gasteiger partial charge in [0.05, 0.1) is 56.3 Å². The van der Waals surface area contributed by atoms with Crippen molar-refractivity contribution in [2.45, 2.75) is 601 Å². The number of ether oxygens (including phenoxy) is 4. The lowest BCUT2D eigenvalue weighted by molar-refractivity contribution is -0.304. The fraction of sp³-hybridized carbons (Fsp3) is 0.980. The molecule has 1 aliphatic heterocycles. The van der Waals surface area contributed by atoms with Gasteiger partial charge in [-0.05, 0) is 32.1 Å². The molecule has 2 fully saturated rings. The van der Waals surface area contributed by atoms with Crippen molar-refractivity contribution in [1.82, 2.24) is 10.6 Å². The Balaban J connectivity index is 0.00000121. The van der Waals surface area contributed by atoms with Gasteiger partial charge in [-0.15, -0.1) is 0 Å². The number of methoxy groups -OCH3 is 1. The van der Waals surface area contributed by atoms with Crippen LogP contribution >= 0.6 is 0 Å². The molecule has 13 N–H and O–H groups in total. The minimum Gasteiger partial charge on any atom is -0.396 e. The van der Waals surface area contributed by atoms with Crippen LogP contribution in [0.5, 0.6) is 0 Å². The molecule has 19 nitrogen and oxygen atoms in total. The second-order valence-corrected chi connectivity index (χ2v) is 37.7. The molecule has 16 atom stereocenters. The number of amides is 2. The molecular weight excluding hydrogens is 1530 g/mol. The van der Waals surface area contributed by atoms with Crippen LogP contribution in [0, 0.1) is 5.92 Å². The highest BCUT2D eigenvalue weighted by Gasteiger charge is 2.46. The van der Waals surface area contributed by atoms with Crippen LogP contribution in [0.1, 0.15) is 509 Å². The van der Waals surface area contributed by atoms with E-state index in [1.165, 1.54) is 380 Å². The predicted octanol–water partition coefficient (Wildman–Crippen LogP) is 22.3. The van der Waals surface area contributed by atoms with E-state index in [0.29, 0.717) is 25.7 Å². The number of aliphatic hydroxyl groups is 11. The molecule has 0 aromatic rings. The second-order valence-electron chi connectivity index (χ2n) is 37.7. The number of unbranched alkanes of at least 4 members (excludes halogenated alkanes) is 66. The molecule has 0 aromatic heterocycles. The van der Waals surface area contributed by atoms with Crippen molar-refractivity contribution in [2.24, 2.45) is 5.92 Å². The van der Waals surface area contributed by atoms with Crippen molar-refractivity contribution < 1.29 is 84.7 Å². The summed E-state index contributed by atoms with van der Waals surface area (Å²) in [7, 11) is 1.44. The Morgan fingerprint density at radius 3 is 0.810 bits per heavy atom. The van der Waals surface area contributed by atoms with E-state index in [1.54, 1.807) is 0 Å². The van der Waals surface area contributed by atoms with Crippen LogP contribution in [-0.4, -0.2) is 193 Å². The normalized spacial score (nSPS) is 20.9. The van der Waals surface area contributed by atoms with Gasteiger partial charge in [0.2, 0.25) is 11.8 Å². The van der Waals surface area contributed by atoms with Crippen LogP contribution in [0.3, 0.4) is 0 Å². The molecule has 0 spiro atoms. The Morgan fingerprint density at radius 1 is 0.314 bits per heavy atom. The Labute approximate surface area is 743 Å². The molecule has 2 aliphatic rings. The van der Waals surface area contributed by atoms with Crippen LogP contribution in [0.4, 0.5) is 0 Å². The molecule has 19 heteroatoms. The summed E-state index contributed by atoms with van der Waals surface area (Å²) in [5.41, 5.74) is 0. The minimum absolute atomic E-state index is 0.0229. The number of nitrogens with one attached hydrogen (secondary N) is 2. The zero-order valence-corrected chi connectivity index (χ0v) is 79.5. The van der Waals surface area contributed by atoms with Crippen LogP contribution in [0.25, 0.3) is 0 Å². The molecule has 0 aromatic carbocycles. The average Bonchev–Trinajstić information content (AvgIpc) is 0.823. The fourth-order valence-corrected chi connectivity index (χ4v) is 17.8. The zero-order valence-electron chi connectivity index (χ0n) is 79.5. The second kappa shape index (κ2) is 86.4. The maximum absolute atomic E-state index is 13.1. The average molecular weight is 1730 g/mol. The van der Waals surface area contributed by atoms with Crippen molar-refractivity contribution in [3.63, 3.8) is 0 Å². The maximum atomic E-state index is 13.1. The Kier molecular flexibility index (Phi) is 83.8. The topological polar surface area (TPSA) is 318 Å². The molecule has 2 amide bonds. The summed E-state index contributed by atoms with van der Waals surface area (Å²) < 4.78 is 22.5. The number of carbonyl (C=O) groups excluding carboxylic acids is 2. The number of hydrogen-bond donors (Lipinski definition) is 13. The van der Waals surface area contributed by atoms with Gasteiger partial charge in [0, 0.05) is 32.5 Å². The molecule has 0 bridgehead atoms. The quantitative estimate of drug-likeness (QED) is 0.0252. The SMILES string of the molecule is CCCCCCCCCCCCCCCCCCCCCCCCCC(=O)N[C@@H](CO[C@H]1CC(CO)[C@H](O)[C@H](O)C1O)[C@H](O)[C@H](O)CCCCCCCCCCCCCC.CCCCCCCCCCCCCCCCCCCCCCCCCC(=O)N[C@@H](CO[C@H]1OC(COC)[C@H](O)[C@H](O)C1O)[C@H](O)[C@H](O)CCCCCCCCCCCCCC. The summed E-state index contributed by atoms with van der Waals surface area (Å²) >= 11 is 0. The lowest BCUT2D eigenvalue weighted by atomic mass is 9.81. The van der Waals surface area contributed by atoms with Crippen LogP contribution in [-0.2, 0) is 28.5 Å². The van der Waals surface area contributed by atoms with E-state index in [1.807, 2.05) is 0 Å². The number of rotatable bonds is 89. The van der Waals surface area contributed by atoms with Crippen molar-refractivity contribution in [2.75, 3.05) is 33.5 Å². The van der Waals surface area contributed by atoms with Gasteiger partial charge >= 0.3 is 0 Å². The van der Waals surface area contributed by atoms with Gasteiger partial charge in [-0.2, -0.15) is 0 Å². The van der Waals surface area contributed by atoms with Gasteiger partial charge in [-0.1, -0.05) is 464 Å². The molecule has 1 saturated carbocycles. The number of carbonyl (C=O) groups is 2. The molecule has 722 valence electrons. The lowest BCUT2D eigenvalue weighted by Gasteiger charge is -2.40. The van der Waals surface area contributed by atoms with Gasteiger partial charge < -0.3 is 85.8 Å². The van der Waals surface area contributed by atoms with Gasteiger partial charge in [0.15, 0.2) is 6.29 Å². The standard InChI is InChI=1S/C51H101NO9.C51H101NO8/c1-4-6-8-10-12-14-16-18-19-20-21-22-23-24-25-26-27-28-30-32-34-36-38-40-46(54)52-43(41-60-51-50(58)49(57)48(56)45(61-51)42-59-3)47(55)44(53)39-37-35-33-31-29-17-15-13-11-9-7-5-2;1-3-5-7-9-11-13-15-17-18-19-20-21-22-23-24-25-26-27-29-31-33-35-37-39-47(55)52-44(42-60-46-40-43(41-53)48(56)51(59)50(46)58)49(57)45(54)38-36-34-32-30-28-16-14-12-10-8-6-4-2/h43-45,47-51,53,55-58H,4-42H2,1-3H3,(H,52,54);43-46,48-51,53-54,56-59H,3-42H2,1-2H3,(H,52,55)/t43-,44+,45?,47-,48-,49-,50?,51-;43?,44-,45+,46-,48-,49-,50?,51-/m00/s1. The summed E-state index contributed by atoms with van der Waals surface area (Å²) in [6, 6.07) is -1.86. The summed E-state index contributed by atoms with van der Waals surface area (Å²) in [6.45, 7) is 8.23. The highest BCUT2D eigenvalue weighted by Crippen LogP contribution is 2.30. The molecule has 0 radical (unpaired) electrons. The summed E-state index contributed by atoms with van der Waals surface area (Å²) in [4.78, 5) is 26.2. The van der Waals surface area contributed by atoms with E-state index in [9.17, 15) is 65.8 Å². The first-order chi connectivity index (χ1) is 59.0. The van der Waals surface area contributed by atoms with E-state index in [0.717, 1.165) is 77.0 Å². The smallest absolute Gasteiger partial charge is 0.220 e. The van der Waals surface area contributed by atoms with Crippen LogP contribution in [0.15, 0.2) is 0 Å². The first-order valence-corrected chi connectivity index (χ1v) is 52.4. The number of aliphatic hydroxyl groups excluding tert-OH is 11. The summed E-state index contributed by atoms with van der Waals surface area (Å²) in [6.07, 6.45) is 74.6. The molecule has 121 heavy (non-hydrogen) atoms. The molecule has 2 rings (SSSR count). The Hall–Kier alpha value is -1.66. The van der Waals surface area contributed by atoms with E-state index in [2.05, 4.69) is 38.3 Å². The van der Waals surface area contributed by atoms with Crippen molar-refractivity contribution >= 4 is 11.8 Å². The lowest BCUT2D eigenvalue weighted by Crippen LogP contribution is -2.60. The summed E-state index contributed by atoms with van der Waals surface area (Å²) in [5.74, 6) is -1.11. The monoisotopic (exact) mass is 1730 g/mol. The van der Waals surface area contributed by atoms with Gasteiger partial charge in [-0.25, -0.2) is 0 Å². The number of hydrogen-bond acceptors (Lipinski definition) is 17. The Morgan fingerprint density at radius 2 is 0.554 bits per heavy atom. The van der Waals surface area contributed by atoms with E-state index in [-0.39, 0.29) is 44.7 Å². The van der Waals surface area contributed by atoms with Gasteiger partial charge in [-0.3, -0.25) is 9.59 Å². The molecule has 1 saturated heterocycles. The fourth-order valence-electron chi connectivity index (χ4n) is 17.8.